The highest BCUT2D eigenvalue weighted by Gasteiger charge is 2.07. The van der Waals surface area contributed by atoms with Crippen LogP contribution in [0.4, 0.5) is 8.78 Å². The summed E-state index contributed by atoms with van der Waals surface area (Å²) in [5.74, 6) is 0.168. The van der Waals surface area contributed by atoms with E-state index in [2.05, 4.69) is 11.7 Å². The summed E-state index contributed by atoms with van der Waals surface area (Å²) in [4.78, 5) is 0. The van der Waals surface area contributed by atoms with Gasteiger partial charge in [-0.05, 0) is 24.1 Å². The van der Waals surface area contributed by atoms with E-state index in [1.165, 1.54) is 12.1 Å². The Kier molecular flexibility index (Phi) is 5.19. The van der Waals surface area contributed by atoms with Crippen LogP contribution in [0, 0.1) is 0 Å². The Balaban J connectivity index is 2.56. The van der Waals surface area contributed by atoms with Crippen LogP contribution in [0.1, 0.15) is 37.8 Å². The van der Waals surface area contributed by atoms with Gasteiger partial charge in [0.15, 0.2) is 0 Å². The van der Waals surface area contributed by atoms with Crippen molar-refractivity contribution in [2.45, 2.75) is 38.8 Å². The molecular formula is C12H17F2NO. The second-order valence-electron chi connectivity index (χ2n) is 3.70. The summed E-state index contributed by atoms with van der Waals surface area (Å²) in [6.45, 7) is -0.675. The van der Waals surface area contributed by atoms with Gasteiger partial charge < -0.3 is 10.5 Å². The zero-order chi connectivity index (χ0) is 12.0. The standard InChI is InChI=1S/C12H17F2NO/c1-2-3-4-11(15)9-5-7-10(8-6-9)16-12(13)14/h5-8,11-12H,2-4,15H2,1H3/t11-/m0/s1. The van der Waals surface area contributed by atoms with Gasteiger partial charge in [0.25, 0.3) is 0 Å². The molecule has 0 saturated heterocycles. The van der Waals surface area contributed by atoms with Crippen LogP contribution in [-0.4, -0.2) is 6.61 Å². The van der Waals surface area contributed by atoms with Crippen LogP contribution in [0.15, 0.2) is 24.3 Å². The van der Waals surface area contributed by atoms with Crippen LogP contribution in [-0.2, 0) is 0 Å². The van der Waals surface area contributed by atoms with E-state index < -0.39 is 6.61 Å². The first-order chi connectivity index (χ1) is 7.63. The van der Waals surface area contributed by atoms with Gasteiger partial charge in [-0.2, -0.15) is 8.78 Å². The largest absolute Gasteiger partial charge is 0.435 e. The van der Waals surface area contributed by atoms with Crippen LogP contribution in [0.5, 0.6) is 5.75 Å². The van der Waals surface area contributed by atoms with E-state index in [1.54, 1.807) is 12.1 Å². The third kappa shape index (κ3) is 4.14. The fourth-order valence-electron chi connectivity index (χ4n) is 1.49. The molecule has 90 valence electrons. The highest BCUT2D eigenvalue weighted by atomic mass is 19.3. The van der Waals surface area contributed by atoms with E-state index in [9.17, 15) is 8.78 Å². The normalized spacial score (nSPS) is 12.8. The Morgan fingerprint density at radius 2 is 1.88 bits per heavy atom. The zero-order valence-corrected chi connectivity index (χ0v) is 9.33. The first kappa shape index (κ1) is 12.9. The minimum absolute atomic E-state index is 0.0273. The van der Waals surface area contributed by atoms with E-state index >= 15 is 0 Å². The number of halogens is 2. The van der Waals surface area contributed by atoms with Crippen molar-refractivity contribution in [2.75, 3.05) is 0 Å². The minimum Gasteiger partial charge on any atom is -0.435 e. The summed E-state index contributed by atoms with van der Waals surface area (Å²) < 4.78 is 28.1. The van der Waals surface area contributed by atoms with E-state index in [0.717, 1.165) is 24.8 Å². The van der Waals surface area contributed by atoms with E-state index in [4.69, 9.17) is 5.73 Å². The van der Waals surface area contributed by atoms with Crippen molar-refractivity contribution in [3.8, 4) is 5.75 Å². The third-order valence-corrected chi connectivity index (χ3v) is 2.40. The monoisotopic (exact) mass is 229 g/mol. The number of hydrogen-bond donors (Lipinski definition) is 1. The van der Waals surface area contributed by atoms with Crippen molar-refractivity contribution in [2.24, 2.45) is 5.73 Å². The molecule has 0 aromatic heterocycles. The van der Waals surface area contributed by atoms with Gasteiger partial charge in [-0.15, -0.1) is 0 Å². The summed E-state index contributed by atoms with van der Waals surface area (Å²) in [5, 5.41) is 0. The van der Waals surface area contributed by atoms with Crippen LogP contribution in [0.25, 0.3) is 0 Å². The molecule has 0 unspecified atom stereocenters. The quantitative estimate of drug-likeness (QED) is 0.810. The number of alkyl halides is 2. The number of benzene rings is 1. The van der Waals surface area contributed by atoms with Gasteiger partial charge in [-0.25, -0.2) is 0 Å². The summed E-state index contributed by atoms with van der Waals surface area (Å²) >= 11 is 0. The van der Waals surface area contributed by atoms with Crippen molar-refractivity contribution in [3.05, 3.63) is 29.8 Å². The summed E-state index contributed by atoms with van der Waals surface area (Å²) in [5.41, 5.74) is 6.90. The average Bonchev–Trinajstić information content (AvgIpc) is 2.26. The Morgan fingerprint density at radius 3 is 2.38 bits per heavy atom. The Bertz CT molecular complexity index is 300. The predicted molar refractivity (Wildman–Crippen MR) is 59.5 cm³/mol. The molecule has 0 aliphatic heterocycles. The predicted octanol–water partition coefficient (Wildman–Crippen LogP) is 3.48. The van der Waals surface area contributed by atoms with Crippen molar-refractivity contribution >= 4 is 0 Å². The van der Waals surface area contributed by atoms with Gasteiger partial charge in [-0.3, -0.25) is 0 Å². The molecule has 0 fully saturated rings. The maximum atomic E-state index is 11.9. The smallest absolute Gasteiger partial charge is 0.387 e. The fraction of sp³-hybridized carbons (Fsp3) is 0.500. The molecule has 0 aliphatic rings. The third-order valence-electron chi connectivity index (χ3n) is 2.40. The van der Waals surface area contributed by atoms with Gasteiger partial charge in [-0.1, -0.05) is 31.9 Å². The Hall–Kier alpha value is -1.16. The summed E-state index contributed by atoms with van der Waals surface area (Å²) in [6.07, 6.45) is 3.07. The molecular weight excluding hydrogens is 212 g/mol. The highest BCUT2D eigenvalue weighted by molar-refractivity contribution is 5.29. The van der Waals surface area contributed by atoms with Gasteiger partial charge in [0.2, 0.25) is 0 Å². The van der Waals surface area contributed by atoms with E-state index in [0.29, 0.717) is 0 Å². The number of unbranched alkanes of at least 4 members (excludes halogenated alkanes) is 1. The molecule has 1 aromatic rings. The first-order valence-electron chi connectivity index (χ1n) is 5.43. The van der Waals surface area contributed by atoms with Gasteiger partial charge >= 0.3 is 6.61 Å². The molecule has 0 spiro atoms. The van der Waals surface area contributed by atoms with Crippen molar-refractivity contribution in [3.63, 3.8) is 0 Å². The lowest BCUT2D eigenvalue weighted by atomic mass is 10.0. The maximum absolute atomic E-state index is 11.9. The zero-order valence-electron chi connectivity index (χ0n) is 9.33. The molecule has 2 nitrogen and oxygen atoms in total. The van der Waals surface area contributed by atoms with Crippen molar-refractivity contribution in [1.82, 2.24) is 0 Å². The molecule has 0 saturated carbocycles. The molecule has 0 aliphatic carbocycles. The van der Waals surface area contributed by atoms with Crippen LogP contribution in [0.3, 0.4) is 0 Å². The lowest BCUT2D eigenvalue weighted by Gasteiger charge is -2.12. The van der Waals surface area contributed by atoms with E-state index in [-0.39, 0.29) is 11.8 Å². The Labute approximate surface area is 94.4 Å². The molecule has 4 heteroatoms. The molecule has 0 amide bonds. The van der Waals surface area contributed by atoms with Crippen molar-refractivity contribution < 1.29 is 13.5 Å². The topological polar surface area (TPSA) is 35.2 Å². The molecule has 0 heterocycles. The average molecular weight is 229 g/mol. The second-order valence-corrected chi connectivity index (χ2v) is 3.70. The molecule has 0 bridgehead atoms. The minimum atomic E-state index is -2.78. The molecule has 16 heavy (non-hydrogen) atoms. The number of nitrogens with two attached hydrogens (primary N) is 1. The fourth-order valence-corrected chi connectivity index (χ4v) is 1.49. The molecule has 1 aromatic carbocycles. The lowest BCUT2D eigenvalue weighted by molar-refractivity contribution is -0.0498. The van der Waals surface area contributed by atoms with Crippen LogP contribution in [0.2, 0.25) is 0 Å². The molecule has 1 atom stereocenters. The first-order valence-corrected chi connectivity index (χ1v) is 5.43. The molecule has 0 radical (unpaired) electrons. The Morgan fingerprint density at radius 1 is 1.25 bits per heavy atom. The molecule has 2 N–H and O–H groups in total. The van der Waals surface area contributed by atoms with Crippen LogP contribution >= 0.6 is 0 Å². The number of ether oxygens (including phenoxy) is 1. The highest BCUT2D eigenvalue weighted by Crippen LogP contribution is 2.21. The maximum Gasteiger partial charge on any atom is 0.387 e. The molecule has 1 rings (SSSR count). The van der Waals surface area contributed by atoms with Crippen LogP contribution < -0.4 is 10.5 Å². The summed E-state index contributed by atoms with van der Waals surface area (Å²) in [7, 11) is 0. The van der Waals surface area contributed by atoms with Gasteiger partial charge in [0.1, 0.15) is 5.75 Å². The van der Waals surface area contributed by atoms with Gasteiger partial charge in [0, 0.05) is 6.04 Å². The number of rotatable bonds is 6. The summed E-state index contributed by atoms with van der Waals surface area (Å²) in [6, 6.07) is 6.48. The lowest BCUT2D eigenvalue weighted by Crippen LogP contribution is -2.10. The SMILES string of the molecule is CCCC[C@H](N)c1ccc(OC(F)F)cc1. The number of hydrogen-bond acceptors (Lipinski definition) is 2. The second kappa shape index (κ2) is 6.43. The van der Waals surface area contributed by atoms with E-state index in [1.807, 2.05) is 0 Å². The van der Waals surface area contributed by atoms with Crippen molar-refractivity contribution in [1.29, 1.82) is 0 Å². The van der Waals surface area contributed by atoms with Gasteiger partial charge in [0.05, 0.1) is 0 Å².